The van der Waals surface area contributed by atoms with E-state index in [-0.39, 0.29) is 11.6 Å². The molecule has 1 aromatic heterocycles. The van der Waals surface area contributed by atoms with Crippen LogP contribution in [-0.4, -0.2) is 15.4 Å². The molecule has 0 bridgehead atoms. The molecule has 0 fully saturated rings. The van der Waals surface area contributed by atoms with E-state index in [1.807, 2.05) is 29.7 Å². The van der Waals surface area contributed by atoms with Crippen molar-refractivity contribution in [1.82, 2.24) is 4.57 Å². The van der Waals surface area contributed by atoms with Gasteiger partial charge in [-0.15, -0.1) is 0 Å². The third-order valence-corrected chi connectivity index (χ3v) is 5.22. The molecule has 0 radical (unpaired) electrons. The minimum absolute atomic E-state index is 0.0126. The van der Waals surface area contributed by atoms with Gasteiger partial charge in [0.25, 0.3) is 11.6 Å². The van der Waals surface area contributed by atoms with Gasteiger partial charge < -0.3 is 4.57 Å². The molecule has 0 aliphatic carbocycles. The molecule has 0 unspecified atom stereocenters. The van der Waals surface area contributed by atoms with Crippen LogP contribution >= 0.6 is 27.3 Å². The summed E-state index contributed by atoms with van der Waals surface area (Å²) in [5, 5.41) is 10.7. The quantitative estimate of drug-likeness (QED) is 0.345. The number of carbonyl (C=O) groups is 1. The zero-order chi connectivity index (χ0) is 18.7. The van der Waals surface area contributed by atoms with Crippen molar-refractivity contribution in [3.63, 3.8) is 0 Å². The number of non-ortho nitro benzene ring substituents is 1. The Hall–Kier alpha value is -2.58. The van der Waals surface area contributed by atoms with Crippen molar-refractivity contribution < 1.29 is 9.72 Å². The number of hydrogen-bond donors (Lipinski definition) is 0. The molecule has 0 aliphatic heterocycles. The highest BCUT2D eigenvalue weighted by molar-refractivity contribution is 9.10. The number of aromatic nitrogens is 1. The molecule has 26 heavy (non-hydrogen) atoms. The zero-order valence-electron chi connectivity index (χ0n) is 13.8. The number of fused-ring (bicyclic) bond motifs is 1. The SMILES string of the molecule is CCn1c(=NC(=O)C=Cc2ccc([N+](=O)[O-])cc2)sc2cc(Br)ccc21. The largest absolute Gasteiger partial charge is 0.317 e. The van der Waals surface area contributed by atoms with Crippen molar-refractivity contribution in [2.45, 2.75) is 13.5 Å². The predicted octanol–water partition coefficient (Wildman–Crippen LogP) is 4.53. The third-order valence-electron chi connectivity index (χ3n) is 3.69. The van der Waals surface area contributed by atoms with Crippen molar-refractivity contribution >= 4 is 55.2 Å². The number of hydrogen-bond acceptors (Lipinski definition) is 4. The number of nitro groups is 1. The molecule has 0 N–H and O–H groups in total. The van der Waals surface area contributed by atoms with E-state index in [2.05, 4.69) is 20.9 Å². The maximum atomic E-state index is 12.2. The van der Waals surface area contributed by atoms with E-state index < -0.39 is 4.92 Å². The standard InChI is InChI=1S/C18H14BrN3O3S/c1-2-21-15-9-6-13(19)11-16(15)26-18(21)20-17(23)10-5-12-3-7-14(8-4-12)22(24)25/h3-11H,2H2,1H3. The second-order valence-corrected chi connectivity index (χ2v) is 7.30. The van der Waals surface area contributed by atoms with Crippen molar-refractivity contribution in [2.75, 3.05) is 0 Å². The van der Waals surface area contributed by atoms with Gasteiger partial charge in [-0.25, -0.2) is 0 Å². The summed E-state index contributed by atoms with van der Waals surface area (Å²) in [6, 6.07) is 11.9. The molecule has 132 valence electrons. The molecule has 0 spiro atoms. The number of rotatable bonds is 4. The van der Waals surface area contributed by atoms with Crippen LogP contribution in [0.25, 0.3) is 16.3 Å². The van der Waals surface area contributed by atoms with Crippen molar-refractivity contribution in [2.24, 2.45) is 4.99 Å². The summed E-state index contributed by atoms with van der Waals surface area (Å²) in [5.41, 5.74) is 1.74. The van der Waals surface area contributed by atoms with Gasteiger partial charge in [0.05, 0.1) is 15.1 Å². The summed E-state index contributed by atoms with van der Waals surface area (Å²) < 4.78 is 4.02. The van der Waals surface area contributed by atoms with Crippen LogP contribution in [0.3, 0.4) is 0 Å². The Labute approximate surface area is 161 Å². The van der Waals surface area contributed by atoms with Gasteiger partial charge in [0.1, 0.15) is 0 Å². The van der Waals surface area contributed by atoms with Crippen LogP contribution in [-0.2, 0) is 11.3 Å². The van der Waals surface area contributed by atoms with Gasteiger partial charge in [0.2, 0.25) is 0 Å². The van der Waals surface area contributed by atoms with Crippen LogP contribution < -0.4 is 4.80 Å². The molecule has 0 saturated carbocycles. The van der Waals surface area contributed by atoms with Crippen molar-refractivity contribution in [1.29, 1.82) is 0 Å². The monoisotopic (exact) mass is 431 g/mol. The number of aryl methyl sites for hydroxylation is 1. The van der Waals surface area contributed by atoms with Crippen LogP contribution in [0.2, 0.25) is 0 Å². The van der Waals surface area contributed by atoms with Crippen LogP contribution in [0, 0.1) is 10.1 Å². The number of thiazole rings is 1. The fourth-order valence-electron chi connectivity index (χ4n) is 2.44. The molecule has 0 saturated heterocycles. The molecule has 2 aromatic carbocycles. The van der Waals surface area contributed by atoms with Gasteiger partial charge in [0.15, 0.2) is 4.80 Å². The topological polar surface area (TPSA) is 77.5 Å². The Balaban J connectivity index is 1.88. The summed E-state index contributed by atoms with van der Waals surface area (Å²) in [6.45, 7) is 2.71. The Bertz CT molecular complexity index is 1080. The van der Waals surface area contributed by atoms with Crippen LogP contribution in [0.1, 0.15) is 12.5 Å². The molecule has 0 atom stereocenters. The second kappa shape index (κ2) is 7.76. The molecule has 0 aliphatic rings. The number of halogens is 1. The zero-order valence-corrected chi connectivity index (χ0v) is 16.2. The molecular weight excluding hydrogens is 418 g/mol. The Kier molecular flexibility index (Phi) is 5.43. The Morgan fingerprint density at radius 1 is 1.31 bits per heavy atom. The molecule has 6 nitrogen and oxygen atoms in total. The van der Waals surface area contributed by atoms with Crippen LogP contribution in [0.15, 0.2) is 58.0 Å². The average Bonchev–Trinajstić information content (AvgIpc) is 2.96. The maximum absolute atomic E-state index is 12.2. The smallest absolute Gasteiger partial charge is 0.272 e. The van der Waals surface area contributed by atoms with Crippen LogP contribution in [0.4, 0.5) is 5.69 Å². The molecule has 3 rings (SSSR count). The van der Waals surface area contributed by atoms with Gasteiger partial charge >= 0.3 is 0 Å². The first kappa shape index (κ1) is 18.2. The summed E-state index contributed by atoms with van der Waals surface area (Å²) in [5.74, 6) is -0.379. The molecule has 1 amide bonds. The van der Waals surface area contributed by atoms with Crippen molar-refractivity contribution in [3.8, 4) is 0 Å². The third kappa shape index (κ3) is 3.97. The lowest BCUT2D eigenvalue weighted by molar-refractivity contribution is -0.384. The van der Waals surface area contributed by atoms with Crippen LogP contribution in [0.5, 0.6) is 0 Å². The Morgan fingerprint density at radius 3 is 2.69 bits per heavy atom. The lowest BCUT2D eigenvalue weighted by Crippen LogP contribution is -2.15. The summed E-state index contributed by atoms with van der Waals surface area (Å²) in [6.07, 6.45) is 2.96. The van der Waals surface area contributed by atoms with E-state index in [1.165, 1.54) is 29.5 Å². The van der Waals surface area contributed by atoms with Gasteiger partial charge in [-0.3, -0.25) is 14.9 Å². The lowest BCUT2D eigenvalue weighted by Gasteiger charge is -1.99. The summed E-state index contributed by atoms with van der Waals surface area (Å²) in [4.78, 5) is 27.2. The van der Waals surface area contributed by atoms with Gasteiger partial charge in [-0.05, 0) is 48.9 Å². The predicted molar refractivity (Wildman–Crippen MR) is 106 cm³/mol. The van der Waals surface area contributed by atoms with E-state index in [9.17, 15) is 14.9 Å². The molecule has 3 aromatic rings. The first-order valence-electron chi connectivity index (χ1n) is 7.78. The van der Waals surface area contributed by atoms with Gasteiger partial charge in [0, 0.05) is 29.2 Å². The highest BCUT2D eigenvalue weighted by Crippen LogP contribution is 2.22. The van der Waals surface area contributed by atoms with E-state index in [4.69, 9.17) is 0 Å². The van der Waals surface area contributed by atoms with E-state index in [0.717, 1.165) is 14.7 Å². The number of benzene rings is 2. The normalized spacial score (nSPS) is 12.2. The minimum Gasteiger partial charge on any atom is -0.317 e. The lowest BCUT2D eigenvalue weighted by atomic mass is 10.2. The molecule has 8 heteroatoms. The molecular formula is C18H14BrN3O3S. The van der Waals surface area contributed by atoms with E-state index in [1.54, 1.807) is 18.2 Å². The van der Waals surface area contributed by atoms with E-state index in [0.29, 0.717) is 16.9 Å². The van der Waals surface area contributed by atoms with Gasteiger partial charge in [-0.2, -0.15) is 4.99 Å². The van der Waals surface area contributed by atoms with Crippen molar-refractivity contribution in [3.05, 3.63) is 73.5 Å². The number of nitro benzene ring substituents is 1. The highest BCUT2D eigenvalue weighted by Gasteiger charge is 2.06. The Morgan fingerprint density at radius 2 is 2.04 bits per heavy atom. The highest BCUT2D eigenvalue weighted by atomic mass is 79.9. The van der Waals surface area contributed by atoms with E-state index >= 15 is 0 Å². The second-order valence-electron chi connectivity index (χ2n) is 5.37. The molecule has 1 heterocycles. The first-order valence-corrected chi connectivity index (χ1v) is 9.39. The fourth-order valence-corrected chi connectivity index (χ4v) is 4.10. The fraction of sp³-hybridized carbons (Fsp3) is 0.111. The average molecular weight is 432 g/mol. The summed E-state index contributed by atoms with van der Waals surface area (Å²) >= 11 is 4.90. The minimum atomic E-state index is -0.461. The first-order chi connectivity index (χ1) is 12.5. The maximum Gasteiger partial charge on any atom is 0.272 e. The number of nitrogens with zero attached hydrogens (tertiary/aromatic N) is 3. The van der Waals surface area contributed by atoms with Gasteiger partial charge in [-0.1, -0.05) is 27.3 Å². The number of amides is 1. The number of carbonyl (C=O) groups excluding carboxylic acids is 1. The summed E-state index contributed by atoms with van der Waals surface area (Å²) in [7, 11) is 0.